The van der Waals surface area contributed by atoms with Gasteiger partial charge in [0.1, 0.15) is 0 Å². The second-order valence-electron chi connectivity index (χ2n) is 8.23. The van der Waals surface area contributed by atoms with E-state index in [2.05, 4.69) is 69.5 Å². The SMILES string of the molecule is C=C(C1CC1)N(CC1CC1(C)c1ccccc1)C(C)(C)C. The average Bonchev–Trinajstić information content (AvgIpc) is 3.32. The van der Waals surface area contributed by atoms with Crippen molar-refractivity contribution in [1.29, 1.82) is 0 Å². The lowest BCUT2D eigenvalue weighted by Gasteiger charge is -2.40. The number of nitrogens with zero attached hydrogens (tertiary/aromatic N) is 1. The van der Waals surface area contributed by atoms with Gasteiger partial charge in [0.2, 0.25) is 0 Å². The lowest BCUT2D eigenvalue weighted by Crippen LogP contribution is -2.42. The standard InChI is InChI=1S/C20H29N/c1-15(16-11-12-16)21(19(2,3)4)14-18-13-20(18,5)17-9-7-6-8-10-17/h6-10,16,18H,1,11-14H2,2-5H3. The van der Waals surface area contributed by atoms with Gasteiger partial charge in [-0.2, -0.15) is 0 Å². The van der Waals surface area contributed by atoms with Crippen LogP contribution < -0.4 is 0 Å². The van der Waals surface area contributed by atoms with E-state index in [1.54, 1.807) is 0 Å². The van der Waals surface area contributed by atoms with Crippen molar-refractivity contribution in [1.82, 2.24) is 4.90 Å². The van der Waals surface area contributed by atoms with Gasteiger partial charge >= 0.3 is 0 Å². The topological polar surface area (TPSA) is 3.24 Å². The van der Waals surface area contributed by atoms with Crippen LogP contribution in [0.2, 0.25) is 0 Å². The summed E-state index contributed by atoms with van der Waals surface area (Å²) in [5.41, 5.74) is 3.43. The van der Waals surface area contributed by atoms with E-state index in [1.807, 2.05) is 0 Å². The molecule has 0 spiro atoms. The fourth-order valence-electron chi connectivity index (χ4n) is 3.57. The van der Waals surface area contributed by atoms with Crippen LogP contribution in [0.3, 0.4) is 0 Å². The Morgan fingerprint density at radius 1 is 1.24 bits per heavy atom. The van der Waals surface area contributed by atoms with Crippen molar-refractivity contribution in [2.75, 3.05) is 6.54 Å². The molecular weight excluding hydrogens is 254 g/mol. The van der Waals surface area contributed by atoms with Gasteiger partial charge in [0.15, 0.2) is 0 Å². The summed E-state index contributed by atoms with van der Waals surface area (Å²) >= 11 is 0. The molecule has 2 atom stereocenters. The van der Waals surface area contributed by atoms with E-state index in [-0.39, 0.29) is 5.54 Å². The molecule has 0 radical (unpaired) electrons. The maximum Gasteiger partial charge on any atom is 0.0315 e. The monoisotopic (exact) mass is 283 g/mol. The molecule has 2 saturated carbocycles. The minimum atomic E-state index is 0.180. The normalized spacial score (nSPS) is 28.3. The van der Waals surface area contributed by atoms with Gasteiger partial charge in [0.25, 0.3) is 0 Å². The van der Waals surface area contributed by atoms with Crippen molar-refractivity contribution in [2.24, 2.45) is 11.8 Å². The smallest absolute Gasteiger partial charge is 0.0315 e. The molecule has 1 aromatic carbocycles. The van der Waals surface area contributed by atoms with Crippen molar-refractivity contribution in [3.05, 3.63) is 48.2 Å². The van der Waals surface area contributed by atoms with E-state index in [0.29, 0.717) is 5.41 Å². The summed E-state index contributed by atoms with van der Waals surface area (Å²) in [6.07, 6.45) is 3.99. The third-order valence-corrected chi connectivity index (χ3v) is 5.45. The fourth-order valence-corrected chi connectivity index (χ4v) is 3.57. The first kappa shape index (κ1) is 14.7. The summed E-state index contributed by atoms with van der Waals surface area (Å²) in [7, 11) is 0. The Bertz CT molecular complexity index is 521. The minimum absolute atomic E-state index is 0.180. The van der Waals surface area contributed by atoms with Gasteiger partial charge < -0.3 is 4.90 Å². The summed E-state index contributed by atoms with van der Waals surface area (Å²) in [5, 5.41) is 0. The first-order valence-corrected chi connectivity index (χ1v) is 8.34. The summed E-state index contributed by atoms with van der Waals surface area (Å²) in [6, 6.07) is 11.0. The zero-order valence-corrected chi connectivity index (χ0v) is 14.0. The number of hydrogen-bond acceptors (Lipinski definition) is 1. The Balaban J connectivity index is 1.72. The molecule has 0 aromatic heterocycles. The van der Waals surface area contributed by atoms with Crippen molar-refractivity contribution in [3.8, 4) is 0 Å². The molecule has 1 heteroatoms. The summed E-state index contributed by atoms with van der Waals surface area (Å²) in [4.78, 5) is 2.59. The summed E-state index contributed by atoms with van der Waals surface area (Å²) < 4.78 is 0. The van der Waals surface area contributed by atoms with E-state index >= 15 is 0 Å². The predicted octanol–water partition coefficient (Wildman–Crippen LogP) is 4.99. The second-order valence-corrected chi connectivity index (χ2v) is 8.23. The van der Waals surface area contributed by atoms with Gasteiger partial charge in [0, 0.05) is 17.8 Å². The lowest BCUT2D eigenvalue weighted by atomic mass is 9.94. The molecule has 21 heavy (non-hydrogen) atoms. The molecule has 1 nitrogen and oxygen atoms in total. The van der Waals surface area contributed by atoms with Crippen LogP contribution in [0.15, 0.2) is 42.6 Å². The van der Waals surface area contributed by atoms with Crippen LogP contribution in [0.5, 0.6) is 0 Å². The molecule has 2 aliphatic carbocycles. The van der Waals surface area contributed by atoms with E-state index in [9.17, 15) is 0 Å². The molecule has 3 rings (SSSR count). The molecule has 114 valence electrons. The van der Waals surface area contributed by atoms with Crippen molar-refractivity contribution in [2.45, 2.75) is 57.9 Å². The highest BCUT2D eigenvalue weighted by Crippen LogP contribution is 2.55. The van der Waals surface area contributed by atoms with Gasteiger partial charge in [-0.1, -0.05) is 43.8 Å². The van der Waals surface area contributed by atoms with Gasteiger partial charge in [0.05, 0.1) is 0 Å². The molecule has 0 heterocycles. The van der Waals surface area contributed by atoms with Gasteiger partial charge in [-0.25, -0.2) is 0 Å². The first-order valence-electron chi connectivity index (χ1n) is 8.34. The Labute approximate surface area is 130 Å². The average molecular weight is 283 g/mol. The van der Waals surface area contributed by atoms with Gasteiger partial charge in [-0.15, -0.1) is 0 Å². The Morgan fingerprint density at radius 3 is 2.38 bits per heavy atom. The number of benzene rings is 1. The minimum Gasteiger partial charge on any atom is -0.370 e. The largest absolute Gasteiger partial charge is 0.370 e. The van der Waals surface area contributed by atoms with E-state index in [1.165, 1.54) is 30.5 Å². The fraction of sp³-hybridized carbons (Fsp3) is 0.600. The van der Waals surface area contributed by atoms with Crippen molar-refractivity contribution >= 4 is 0 Å². The van der Waals surface area contributed by atoms with Crippen molar-refractivity contribution in [3.63, 3.8) is 0 Å². The Kier molecular flexibility index (Phi) is 3.43. The number of rotatable bonds is 5. The first-order chi connectivity index (χ1) is 9.82. The maximum atomic E-state index is 4.41. The summed E-state index contributed by atoms with van der Waals surface area (Å²) in [5.74, 6) is 1.51. The molecule has 0 N–H and O–H groups in total. The number of allylic oxidation sites excluding steroid dienone is 1. The van der Waals surface area contributed by atoms with Crippen molar-refractivity contribution < 1.29 is 0 Å². The van der Waals surface area contributed by atoms with Gasteiger partial charge in [-0.3, -0.25) is 0 Å². The van der Waals surface area contributed by atoms with Crippen LogP contribution >= 0.6 is 0 Å². The molecule has 0 aliphatic heterocycles. The molecule has 0 bridgehead atoms. The van der Waals surface area contributed by atoms with Crippen LogP contribution in [-0.4, -0.2) is 17.0 Å². The maximum absolute atomic E-state index is 4.41. The highest BCUT2D eigenvalue weighted by atomic mass is 15.2. The second kappa shape index (κ2) is 4.90. The Hall–Kier alpha value is -1.24. The Morgan fingerprint density at radius 2 is 1.86 bits per heavy atom. The number of hydrogen-bond donors (Lipinski definition) is 0. The molecule has 0 saturated heterocycles. The third-order valence-electron chi connectivity index (χ3n) is 5.45. The highest BCUT2D eigenvalue weighted by molar-refractivity contribution is 5.33. The van der Waals surface area contributed by atoms with Gasteiger partial charge in [-0.05, 0) is 62.8 Å². The summed E-state index contributed by atoms with van der Waals surface area (Å²) in [6.45, 7) is 15.0. The molecule has 0 amide bonds. The van der Waals surface area contributed by atoms with Crippen LogP contribution in [0.1, 0.15) is 52.5 Å². The third kappa shape index (κ3) is 2.88. The zero-order valence-electron chi connectivity index (χ0n) is 14.0. The van der Waals surface area contributed by atoms with Crippen LogP contribution in [0.4, 0.5) is 0 Å². The zero-order chi connectivity index (χ0) is 15.3. The molecular formula is C20H29N. The van der Waals surface area contributed by atoms with Crippen LogP contribution in [0.25, 0.3) is 0 Å². The van der Waals surface area contributed by atoms with E-state index in [0.717, 1.165) is 18.4 Å². The molecule has 2 aliphatic rings. The lowest BCUT2D eigenvalue weighted by molar-refractivity contribution is 0.165. The van der Waals surface area contributed by atoms with Crippen LogP contribution in [-0.2, 0) is 5.41 Å². The van der Waals surface area contributed by atoms with Crippen LogP contribution in [0, 0.1) is 11.8 Å². The highest BCUT2D eigenvalue weighted by Gasteiger charge is 2.52. The van der Waals surface area contributed by atoms with E-state index < -0.39 is 0 Å². The quantitative estimate of drug-likeness (QED) is 0.736. The predicted molar refractivity (Wildman–Crippen MR) is 90.2 cm³/mol. The van der Waals surface area contributed by atoms with E-state index in [4.69, 9.17) is 0 Å². The molecule has 2 fully saturated rings. The molecule has 2 unspecified atom stereocenters. The molecule has 1 aromatic rings.